The molecule has 0 saturated carbocycles. The van der Waals surface area contributed by atoms with Crippen LogP contribution in [0.3, 0.4) is 0 Å². The number of rotatable bonds is 5. The largest absolute Gasteiger partial charge is 0.573 e. The average molecular weight is 411 g/mol. The molecular weight excluding hydrogens is 393 g/mol. The topological polar surface area (TPSA) is 57.2 Å². The highest BCUT2D eigenvalue weighted by atomic mass is 19.4. The minimum absolute atomic E-state index is 0.121. The van der Waals surface area contributed by atoms with Gasteiger partial charge in [0, 0.05) is 21.9 Å². The molecule has 2 N–H and O–H groups in total. The fraction of sp³-hybridized carbons (Fsp3) is 0.174. The van der Waals surface area contributed by atoms with Crippen molar-refractivity contribution in [2.45, 2.75) is 26.3 Å². The Hall–Kier alpha value is -3.48. The van der Waals surface area contributed by atoms with Crippen molar-refractivity contribution in [2.75, 3.05) is 0 Å². The van der Waals surface area contributed by atoms with Gasteiger partial charge in [-0.2, -0.15) is 0 Å². The number of nitrogens with zero attached hydrogens (tertiary/aromatic N) is 1. The predicted molar refractivity (Wildman–Crippen MR) is 108 cm³/mol. The average Bonchev–Trinajstić information content (AvgIpc) is 3.01. The number of amides is 1. The summed E-state index contributed by atoms with van der Waals surface area (Å²) >= 11 is 0. The molecule has 0 fully saturated rings. The maximum Gasteiger partial charge on any atom is 0.573 e. The van der Waals surface area contributed by atoms with E-state index < -0.39 is 12.3 Å². The number of aryl methyl sites for hydroxylation is 1. The van der Waals surface area contributed by atoms with Crippen molar-refractivity contribution in [3.8, 4) is 5.75 Å². The molecule has 4 nitrogen and oxygen atoms in total. The van der Waals surface area contributed by atoms with Crippen LogP contribution in [-0.2, 0) is 13.0 Å². The Morgan fingerprint density at radius 2 is 1.90 bits per heavy atom. The van der Waals surface area contributed by atoms with E-state index in [1.165, 1.54) is 12.1 Å². The zero-order chi connectivity index (χ0) is 21.5. The molecule has 0 unspecified atom stereocenters. The minimum Gasteiger partial charge on any atom is -0.405 e. The first-order valence-electron chi connectivity index (χ1n) is 9.37. The number of para-hydroxylation sites is 1. The van der Waals surface area contributed by atoms with E-state index in [9.17, 15) is 18.0 Å². The van der Waals surface area contributed by atoms with Crippen LogP contribution in [0.15, 0.2) is 54.6 Å². The van der Waals surface area contributed by atoms with Crippen LogP contribution in [-0.4, -0.2) is 16.8 Å². The van der Waals surface area contributed by atoms with Gasteiger partial charge in [0.15, 0.2) is 0 Å². The standard InChI is InChI=1S/C23H18F3N2O2/c1-2-14-10-11-16-19(12-14)28(18-8-5-7-17(21(16)18)22(27)29)13-15-6-3-4-9-20(15)30-23(24,25)26/h3-10,12H,2,13H2,1H3,(H2,27,29). The number of fused-ring (bicyclic) bond motifs is 3. The third-order valence-corrected chi connectivity index (χ3v) is 5.05. The third kappa shape index (κ3) is 3.58. The lowest BCUT2D eigenvalue weighted by Gasteiger charge is -2.15. The van der Waals surface area contributed by atoms with E-state index in [1.807, 2.05) is 29.7 Å². The normalized spacial score (nSPS) is 11.9. The van der Waals surface area contributed by atoms with Gasteiger partial charge in [-0.3, -0.25) is 4.79 Å². The molecule has 0 spiro atoms. The van der Waals surface area contributed by atoms with Crippen molar-refractivity contribution < 1.29 is 22.7 Å². The predicted octanol–water partition coefficient (Wildman–Crippen LogP) is 5.20. The Balaban J connectivity index is 1.97. The molecule has 0 saturated heterocycles. The molecule has 3 aromatic carbocycles. The van der Waals surface area contributed by atoms with Crippen molar-refractivity contribution >= 4 is 27.7 Å². The summed E-state index contributed by atoms with van der Waals surface area (Å²) in [5, 5.41) is 1.34. The van der Waals surface area contributed by atoms with Crippen LogP contribution in [0.5, 0.6) is 5.75 Å². The highest BCUT2D eigenvalue weighted by molar-refractivity contribution is 6.17. The molecule has 1 heterocycles. The van der Waals surface area contributed by atoms with E-state index in [4.69, 9.17) is 5.73 Å². The number of hydrogen-bond acceptors (Lipinski definition) is 2. The lowest BCUT2D eigenvalue weighted by Crippen LogP contribution is -2.18. The van der Waals surface area contributed by atoms with Gasteiger partial charge in [0.2, 0.25) is 5.91 Å². The van der Waals surface area contributed by atoms with Crippen LogP contribution in [0.1, 0.15) is 28.4 Å². The molecule has 0 atom stereocenters. The summed E-state index contributed by atoms with van der Waals surface area (Å²) in [5.41, 5.74) is 8.75. The van der Waals surface area contributed by atoms with Gasteiger partial charge >= 0.3 is 6.36 Å². The zero-order valence-electron chi connectivity index (χ0n) is 16.1. The quantitative estimate of drug-likeness (QED) is 0.491. The van der Waals surface area contributed by atoms with Crippen molar-refractivity contribution in [3.05, 3.63) is 77.4 Å². The molecule has 153 valence electrons. The van der Waals surface area contributed by atoms with Gasteiger partial charge in [-0.1, -0.05) is 37.3 Å². The van der Waals surface area contributed by atoms with E-state index in [2.05, 4.69) is 10.8 Å². The number of hydrogen-bond donors (Lipinski definition) is 1. The molecule has 7 heteroatoms. The number of benzene rings is 3. The van der Waals surface area contributed by atoms with Crippen molar-refractivity contribution in [3.63, 3.8) is 0 Å². The monoisotopic (exact) mass is 411 g/mol. The number of nitrogens with two attached hydrogens (primary N) is 1. The van der Waals surface area contributed by atoms with Crippen LogP contribution in [0, 0.1) is 6.07 Å². The zero-order valence-corrected chi connectivity index (χ0v) is 16.1. The first-order chi connectivity index (χ1) is 14.3. The van der Waals surface area contributed by atoms with E-state index in [0.29, 0.717) is 27.4 Å². The number of carbonyl (C=O) groups is 1. The highest BCUT2D eigenvalue weighted by Crippen LogP contribution is 2.34. The summed E-state index contributed by atoms with van der Waals surface area (Å²) in [6, 6.07) is 18.2. The van der Waals surface area contributed by atoms with E-state index in [0.717, 1.165) is 17.5 Å². The maximum atomic E-state index is 12.9. The molecule has 1 radical (unpaired) electrons. The summed E-state index contributed by atoms with van der Waals surface area (Å²) in [5.74, 6) is -0.838. The molecule has 0 bridgehead atoms. The van der Waals surface area contributed by atoms with Gasteiger partial charge in [0.1, 0.15) is 5.75 Å². The second-order valence-electron chi connectivity index (χ2n) is 6.93. The maximum absolute atomic E-state index is 12.9. The molecule has 0 aliphatic carbocycles. The van der Waals surface area contributed by atoms with Crippen LogP contribution in [0.4, 0.5) is 13.2 Å². The Bertz CT molecular complexity index is 1260. The molecule has 4 aromatic rings. The smallest absolute Gasteiger partial charge is 0.405 e. The van der Waals surface area contributed by atoms with E-state index >= 15 is 0 Å². The Morgan fingerprint density at radius 1 is 1.13 bits per heavy atom. The van der Waals surface area contributed by atoms with Gasteiger partial charge in [-0.05, 0) is 42.3 Å². The van der Waals surface area contributed by atoms with Crippen molar-refractivity contribution in [2.24, 2.45) is 5.73 Å². The Morgan fingerprint density at radius 3 is 2.60 bits per heavy atom. The molecular formula is C23H18F3N2O2. The number of carbonyl (C=O) groups excluding carboxylic acids is 1. The SMILES string of the molecule is CCc1c[c]c2c3c(C(N)=O)cccc3n(Cc3ccccc3OC(F)(F)F)c2c1. The fourth-order valence-electron chi connectivity index (χ4n) is 3.71. The van der Waals surface area contributed by atoms with Gasteiger partial charge < -0.3 is 15.0 Å². The summed E-state index contributed by atoms with van der Waals surface area (Å²) < 4.78 is 44.7. The molecule has 4 rings (SSSR count). The molecule has 0 aliphatic heterocycles. The summed E-state index contributed by atoms with van der Waals surface area (Å²) in [6.07, 6.45) is -4.02. The van der Waals surface area contributed by atoms with Gasteiger partial charge in [0.25, 0.3) is 0 Å². The summed E-state index contributed by atoms with van der Waals surface area (Å²) in [4.78, 5) is 12.0. The highest BCUT2D eigenvalue weighted by Gasteiger charge is 2.32. The van der Waals surface area contributed by atoms with Crippen molar-refractivity contribution in [1.82, 2.24) is 4.57 Å². The minimum atomic E-state index is -4.79. The molecule has 1 aromatic heterocycles. The molecule has 1 amide bonds. The number of halogens is 3. The van der Waals surface area contributed by atoms with Gasteiger partial charge in [-0.15, -0.1) is 13.2 Å². The second-order valence-corrected chi connectivity index (χ2v) is 6.93. The van der Waals surface area contributed by atoms with Gasteiger partial charge in [0.05, 0.1) is 17.6 Å². The Labute approximate surface area is 170 Å². The lowest BCUT2D eigenvalue weighted by atomic mass is 10.0. The van der Waals surface area contributed by atoms with Crippen LogP contribution in [0.25, 0.3) is 21.8 Å². The first kappa shape index (κ1) is 19.8. The van der Waals surface area contributed by atoms with Crippen LogP contribution < -0.4 is 10.5 Å². The van der Waals surface area contributed by atoms with Crippen LogP contribution >= 0.6 is 0 Å². The molecule has 30 heavy (non-hydrogen) atoms. The fourth-order valence-corrected chi connectivity index (χ4v) is 3.71. The summed E-state index contributed by atoms with van der Waals surface area (Å²) in [6.45, 7) is 2.12. The third-order valence-electron chi connectivity index (χ3n) is 5.05. The lowest BCUT2D eigenvalue weighted by molar-refractivity contribution is -0.274. The Kier molecular flexibility index (Phi) is 4.89. The number of ether oxygens (including phenoxy) is 1. The van der Waals surface area contributed by atoms with E-state index in [-0.39, 0.29) is 12.3 Å². The second kappa shape index (κ2) is 7.40. The first-order valence-corrected chi connectivity index (χ1v) is 9.37. The van der Waals surface area contributed by atoms with Gasteiger partial charge in [-0.25, -0.2) is 0 Å². The van der Waals surface area contributed by atoms with Crippen LogP contribution in [0.2, 0.25) is 0 Å². The van der Waals surface area contributed by atoms with E-state index in [1.54, 1.807) is 24.3 Å². The summed E-state index contributed by atoms with van der Waals surface area (Å²) in [7, 11) is 0. The number of alkyl halides is 3. The van der Waals surface area contributed by atoms with Crippen molar-refractivity contribution in [1.29, 1.82) is 0 Å². The molecule has 0 aliphatic rings. The number of primary amides is 1. The number of aromatic nitrogens is 1.